The van der Waals surface area contributed by atoms with Crippen LogP contribution in [-0.2, 0) is 6.54 Å². The van der Waals surface area contributed by atoms with Crippen molar-refractivity contribution >= 4 is 23.2 Å². The van der Waals surface area contributed by atoms with E-state index in [1.54, 1.807) is 0 Å². The fraction of sp³-hybridized carbons (Fsp3) is 0.231. The van der Waals surface area contributed by atoms with Crippen molar-refractivity contribution < 1.29 is 5.32 Å². The van der Waals surface area contributed by atoms with Crippen molar-refractivity contribution in [2.75, 3.05) is 6.54 Å². The third-order valence-corrected chi connectivity index (χ3v) is 4.00. The average Bonchev–Trinajstić information content (AvgIpc) is 2.80. The smallest absolute Gasteiger partial charge is 0.152 e. The van der Waals surface area contributed by atoms with Crippen LogP contribution >= 0.6 is 23.2 Å². The summed E-state index contributed by atoms with van der Waals surface area (Å²) in [6.45, 7) is 2.16. The number of nitrogens with zero attached hydrogens (tertiary/aromatic N) is 1. The standard InChI is InChI=1S/C13H12Cl2N2/c14-10-4-3-9(8-11(10)15)13-12-2-1-6-17(12)7-5-16-13/h1-4,6,8,13,16H,5,7H2/p+1/t13-/m1/s1. The SMILES string of the molecule is Clc1ccc([C@H]2[NH2+]CCn3cccc32)cc1Cl. The predicted molar refractivity (Wildman–Crippen MR) is 69.5 cm³/mol. The second kappa shape index (κ2) is 4.37. The number of fused-ring (bicyclic) bond motifs is 1. The molecule has 0 spiro atoms. The zero-order valence-corrected chi connectivity index (χ0v) is 10.7. The number of hydrogen-bond donors (Lipinski definition) is 1. The van der Waals surface area contributed by atoms with E-state index < -0.39 is 0 Å². The molecular formula is C13H13Cl2N2+. The van der Waals surface area contributed by atoms with Gasteiger partial charge in [-0.15, -0.1) is 0 Å². The van der Waals surface area contributed by atoms with Gasteiger partial charge in [-0.2, -0.15) is 0 Å². The second-order valence-electron chi connectivity index (χ2n) is 4.30. The van der Waals surface area contributed by atoms with Gasteiger partial charge in [0.25, 0.3) is 0 Å². The number of benzene rings is 1. The minimum Gasteiger partial charge on any atom is -0.341 e. The summed E-state index contributed by atoms with van der Waals surface area (Å²) in [5.41, 5.74) is 2.54. The Labute approximate surface area is 110 Å². The van der Waals surface area contributed by atoms with E-state index in [0.29, 0.717) is 16.1 Å². The Kier molecular flexibility index (Phi) is 2.87. The van der Waals surface area contributed by atoms with Gasteiger partial charge >= 0.3 is 0 Å². The number of halogens is 2. The highest BCUT2D eigenvalue weighted by Crippen LogP contribution is 2.28. The van der Waals surface area contributed by atoms with Crippen molar-refractivity contribution in [3.8, 4) is 0 Å². The van der Waals surface area contributed by atoms with Crippen LogP contribution in [0.2, 0.25) is 10.0 Å². The number of hydrogen-bond acceptors (Lipinski definition) is 0. The van der Waals surface area contributed by atoms with Crippen molar-refractivity contribution in [3.63, 3.8) is 0 Å². The largest absolute Gasteiger partial charge is 0.341 e. The molecule has 0 saturated carbocycles. The Bertz CT molecular complexity index is 548. The molecule has 2 nitrogen and oxygen atoms in total. The van der Waals surface area contributed by atoms with Gasteiger partial charge in [0.05, 0.1) is 28.8 Å². The normalized spacial score (nSPS) is 19.1. The van der Waals surface area contributed by atoms with Crippen molar-refractivity contribution in [2.45, 2.75) is 12.6 Å². The lowest BCUT2D eigenvalue weighted by Crippen LogP contribution is -2.88. The van der Waals surface area contributed by atoms with Gasteiger partial charge in [0, 0.05) is 11.8 Å². The molecule has 1 aromatic carbocycles. The molecule has 1 aromatic heterocycles. The fourth-order valence-electron chi connectivity index (χ4n) is 2.43. The van der Waals surface area contributed by atoms with Crippen molar-refractivity contribution in [1.29, 1.82) is 0 Å². The molecule has 1 aliphatic heterocycles. The Morgan fingerprint density at radius 3 is 2.88 bits per heavy atom. The lowest BCUT2D eigenvalue weighted by molar-refractivity contribution is -0.693. The van der Waals surface area contributed by atoms with E-state index in [2.05, 4.69) is 34.3 Å². The van der Waals surface area contributed by atoms with Gasteiger partial charge in [-0.25, -0.2) is 0 Å². The molecule has 0 unspecified atom stereocenters. The van der Waals surface area contributed by atoms with Gasteiger partial charge < -0.3 is 9.88 Å². The molecule has 0 radical (unpaired) electrons. The molecule has 17 heavy (non-hydrogen) atoms. The quantitative estimate of drug-likeness (QED) is 0.820. The van der Waals surface area contributed by atoms with Gasteiger partial charge in [0.2, 0.25) is 0 Å². The van der Waals surface area contributed by atoms with Crippen molar-refractivity contribution in [2.24, 2.45) is 0 Å². The maximum absolute atomic E-state index is 6.08. The molecule has 4 heteroatoms. The maximum atomic E-state index is 6.08. The van der Waals surface area contributed by atoms with E-state index >= 15 is 0 Å². The topological polar surface area (TPSA) is 21.5 Å². The third-order valence-electron chi connectivity index (χ3n) is 3.26. The Balaban J connectivity index is 2.03. The van der Waals surface area contributed by atoms with E-state index in [0.717, 1.165) is 13.1 Å². The van der Waals surface area contributed by atoms with Gasteiger partial charge in [-0.3, -0.25) is 0 Å². The third kappa shape index (κ3) is 1.97. The second-order valence-corrected chi connectivity index (χ2v) is 5.12. The molecule has 3 rings (SSSR count). The summed E-state index contributed by atoms with van der Waals surface area (Å²) >= 11 is 12.0. The van der Waals surface area contributed by atoms with Crippen molar-refractivity contribution in [3.05, 3.63) is 57.8 Å². The van der Waals surface area contributed by atoms with E-state index in [4.69, 9.17) is 23.2 Å². The highest BCUT2D eigenvalue weighted by molar-refractivity contribution is 6.42. The van der Waals surface area contributed by atoms with Crippen LogP contribution in [0.1, 0.15) is 17.3 Å². The summed E-state index contributed by atoms with van der Waals surface area (Å²) < 4.78 is 2.30. The number of aromatic nitrogens is 1. The van der Waals surface area contributed by atoms with E-state index in [9.17, 15) is 0 Å². The van der Waals surface area contributed by atoms with Crippen LogP contribution < -0.4 is 5.32 Å². The minimum absolute atomic E-state index is 0.327. The monoisotopic (exact) mass is 267 g/mol. The van der Waals surface area contributed by atoms with Gasteiger partial charge in [-0.1, -0.05) is 29.3 Å². The zero-order valence-electron chi connectivity index (χ0n) is 9.24. The molecule has 0 amide bonds. The Hall–Kier alpha value is -0.960. The Morgan fingerprint density at radius 2 is 2.06 bits per heavy atom. The average molecular weight is 268 g/mol. The van der Waals surface area contributed by atoms with E-state index in [1.165, 1.54) is 11.3 Å². The number of rotatable bonds is 1. The summed E-state index contributed by atoms with van der Waals surface area (Å²) in [4.78, 5) is 0. The first-order chi connectivity index (χ1) is 8.25. The first kappa shape index (κ1) is 11.1. The van der Waals surface area contributed by atoms with E-state index in [-0.39, 0.29) is 0 Å². The van der Waals surface area contributed by atoms with Crippen LogP contribution in [0.15, 0.2) is 36.5 Å². The van der Waals surface area contributed by atoms with Crippen LogP contribution in [0, 0.1) is 0 Å². The lowest BCUT2D eigenvalue weighted by Gasteiger charge is -2.23. The Morgan fingerprint density at radius 1 is 1.18 bits per heavy atom. The maximum Gasteiger partial charge on any atom is 0.152 e. The molecule has 2 aromatic rings. The molecule has 2 heterocycles. The molecule has 88 valence electrons. The summed E-state index contributed by atoms with van der Waals surface area (Å²) in [7, 11) is 0. The van der Waals surface area contributed by atoms with Crippen LogP contribution in [-0.4, -0.2) is 11.1 Å². The highest BCUT2D eigenvalue weighted by Gasteiger charge is 2.24. The molecule has 0 bridgehead atoms. The number of quaternary nitrogens is 1. The molecule has 0 saturated heterocycles. The first-order valence-electron chi connectivity index (χ1n) is 5.69. The molecular weight excluding hydrogens is 255 g/mol. The number of nitrogens with two attached hydrogens (primary N) is 1. The van der Waals surface area contributed by atoms with Gasteiger partial charge in [0.1, 0.15) is 0 Å². The highest BCUT2D eigenvalue weighted by atomic mass is 35.5. The van der Waals surface area contributed by atoms with Gasteiger partial charge in [-0.05, 0) is 24.3 Å². The van der Waals surface area contributed by atoms with Crippen molar-refractivity contribution in [1.82, 2.24) is 4.57 Å². The van der Waals surface area contributed by atoms with Crippen LogP contribution in [0.4, 0.5) is 0 Å². The summed E-state index contributed by atoms with van der Waals surface area (Å²) in [5, 5.41) is 3.58. The lowest BCUT2D eigenvalue weighted by atomic mass is 10.0. The minimum atomic E-state index is 0.327. The van der Waals surface area contributed by atoms with E-state index in [1.807, 2.05) is 12.1 Å². The van der Waals surface area contributed by atoms with Crippen LogP contribution in [0.5, 0.6) is 0 Å². The molecule has 2 N–H and O–H groups in total. The van der Waals surface area contributed by atoms with Gasteiger partial charge in [0.15, 0.2) is 6.04 Å². The fourth-order valence-corrected chi connectivity index (χ4v) is 2.73. The summed E-state index contributed by atoms with van der Waals surface area (Å²) in [5.74, 6) is 0. The summed E-state index contributed by atoms with van der Waals surface area (Å²) in [6, 6.07) is 10.5. The molecule has 1 atom stereocenters. The summed E-state index contributed by atoms with van der Waals surface area (Å²) in [6.07, 6.45) is 2.13. The van der Waals surface area contributed by atoms with Crippen LogP contribution in [0.3, 0.4) is 0 Å². The molecule has 1 aliphatic rings. The van der Waals surface area contributed by atoms with Crippen LogP contribution in [0.25, 0.3) is 0 Å². The predicted octanol–water partition coefficient (Wildman–Crippen LogP) is 2.46. The molecule has 0 aliphatic carbocycles. The first-order valence-corrected chi connectivity index (χ1v) is 6.44. The zero-order chi connectivity index (χ0) is 11.8. The molecule has 0 fully saturated rings.